The Balaban J connectivity index is 2.06. The largest absolute Gasteiger partial charge is 0.394 e. The second kappa shape index (κ2) is 3.23. The molecule has 2 rings (SSSR count). The molecular formula is C10H18O3. The first-order valence-electron chi connectivity index (χ1n) is 5.08. The Morgan fingerprint density at radius 3 is 2.69 bits per heavy atom. The number of rotatable bonds is 1. The van der Waals surface area contributed by atoms with Crippen molar-refractivity contribution in [2.75, 3.05) is 13.2 Å². The van der Waals surface area contributed by atoms with Crippen LogP contribution in [0.25, 0.3) is 0 Å². The lowest BCUT2D eigenvalue weighted by molar-refractivity contribution is -0.0766. The van der Waals surface area contributed by atoms with Gasteiger partial charge in [-0.1, -0.05) is 6.92 Å². The fourth-order valence-electron chi connectivity index (χ4n) is 2.40. The van der Waals surface area contributed by atoms with Crippen molar-refractivity contribution in [3.63, 3.8) is 0 Å². The molecule has 0 amide bonds. The first kappa shape index (κ1) is 9.44. The molecule has 0 saturated carbocycles. The minimum Gasteiger partial charge on any atom is -0.394 e. The van der Waals surface area contributed by atoms with Crippen molar-refractivity contribution in [1.82, 2.24) is 0 Å². The molecule has 2 fully saturated rings. The van der Waals surface area contributed by atoms with Gasteiger partial charge >= 0.3 is 0 Å². The highest BCUT2D eigenvalue weighted by Crippen LogP contribution is 2.43. The van der Waals surface area contributed by atoms with Crippen molar-refractivity contribution in [2.24, 2.45) is 5.92 Å². The average Bonchev–Trinajstić information content (AvgIpc) is 2.67. The summed E-state index contributed by atoms with van der Waals surface area (Å²) in [4.78, 5) is 0. The minimum atomic E-state index is -0.0905. The van der Waals surface area contributed by atoms with Crippen LogP contribution in [0, 0.1) is 5.92 Å². The molecule has 1 spiro atoms. The molecule has 13 heavy (non-hydrogen) atoms. The standard InChI is InChI=1S/C10H18O3/c1-7-8(2)12-6-10(7)4-3-9(5-11)13-10/h7-9,11H,3-6H2,1-2H3/t7-,8-,9+,10+/m0/s1. The van der Waals surface area contributed by atoms with E-state index in [4.69, 9.17) is 14.6 Å². The van der Waals surface area contributed by atoms with Gasteiger partial charge in [-0.25, -0.2) is 0 Å². The van der Waals surface area contributed by atoms with E-state index in [2.05, 4.69) is 13.8 Å². The predicted molar refractivity (Wildman–Crippen MR) is 48.5 cm³/mol. The second-order valence-electron chi connectivity index (χ2n) is 4.33. The smallest absolute Gasteiger partial charge is 0.0970 e. The third-order valence-electron chi connectivity index (χ3n) is 3.62. The van der Waals surface area contributed by atoms with Crippen molar-refractivity contribution in [1.29, 1.82) is 0 Å². The Morgan fingerprint density at radius 2 is 2.23 bits per heavy atom. The van der Waals surface area contributed by atoms with Gasteiger partial charge in [0.1, 0.15) is 0 Å². The summed E-state index contributed by atoms with van der Waals surface area (Å²) in [5.74, 6) is 0.448. The van der Waals surface area contributed by atoms with E-state index in [0.29, 0.717) is 12.5 Å². The van der Waals surface area contributed by atoms with E-state index >= 15 is 0 Å². The molecule has 76 valence electrons. The van der Waals surface area contributed by atoms with Crippen LogP contribution in [-0.4, -0.2) is 36.1 Å². The molecule has 0 bridgehead atoms. The van der Waals surface area contributed by atoms with Gasteiger partial charge < -0.3 is 14.6 Å². The third kappa shape index (κ3) is 1.39. The van der Waals surface area contributed by atoms with Crippen molar-refractivity contribution in [2.45, 2.75) is 44.5 Å². The zero-order valence-corrected chi connectivity index (χ0v) is 8.32. The molecule has 0 aromatic carbocycles. The van der Waals surface area contributed by atoms with E-state index in [9.17, 15) is 0 Å². The number of hydrogen-bond donors (Lipinski definition) is 1. The van der Waals surface area contributed by atoms with Crippen LogP contribution < -0.4 is 0 Å². The molecule has 0 aromatic rings. The van der Waals surface area contributed by atoms with Gasteiger partial charge in [0.2, 0.25) is 0 Å². The van der Waals surface area contributed by atoms with Crippen LogP contribution in [0.5, 0.6) is 0 Å². The summed E-state index contributed by atoms with van der Waals surface area (Å²) in [5, 5.41) is 9.00. The van der Waals surface area contributed by atoms with Gasteiger partial charge in [0, 0.05) is 5.92 Å². The summed E-state index contributed by atoms with van der Waals surface area (Å²) in [6, 6.07) is 0. The highest BCUT2D eigenvalue weighted by molar-refractivity contribution is 4.98. The third-order valence-corrected chi connectivity index (χ3v) is 3.62. The van der Waals surface area contributed by atoms with Gasteiger partial charge in [-0.15, -0.1) is 0 Å². The zero-order valence-electron chi connectivity index (χ0n) is 8.32. The fraction of sp³-hybridized carbons (Fsp3) is 1.00. The SMILES string of the molecule is C[C@@H]1OC[C@]2(CC[C@H](CO)O2)[C@H]1C. The Morgan fingerprint density at radius 1 is 1.46 bits per heavy atom. The molecule has 0 aromatic heterocycles. The van der Waals surface area contributed by atoms with Gasteiger partial charge in [0.15, 0.2) is 0 Å². The van der Waals surface area contributed by atoms with Crippen LogP contribution in [-0.2, 0) is 9.47 Å². The van der Waals surface area contributed by atoms with Crippen molar-refractivity contribution < 1.29 is 14.6 Å². The number of aliphatic hydroxyl groups excluding tert-OH is 1. The summed E-state index contributed by atoms with van der Waals surface area (Å²) < 4.78 is 11.5. The topological polar surface area (TPSA) is 38.7 Å². The van der Waals surface area contributed by atoms with Crippen molar-refractivity contribution >= 4 is 0 Å². The molecule has 4 atom stereocenters. The monoisotopic (exact) mass is 186 g/mol. The van der Waals surface area contributed by atoms with Gasteiger partial charge in [0.05, 0.1) is 31.0 Å². The Labute approximate surface area is 79.0 Å². The minimum absolute atomic E-state index is 0.0383. The molecule has 1 N–H and O–H groups in total. The van der Waals surface area contributed by atoms with Crippen LogP contribution in [0.2, 0.25) is 0 Å². The van der Waals surface area contributed by atoms with Gasteiger partial charge in [-0.05, 0) is 19.8 Å². The summed E-state index contributed by atoms with van der Waals surface area (Å²) in [5.41, 5.74) is -0.0905. The van der Waals surface area contributed by atoms with Crippen LogP contribution >= 0.6 is 0 Å². The first-order chi connectivity index (χ1) is 6.18. The van der Waals surface area contributed by atoms with E-state index in [1.165, 1.54) is 0 Å². The lowest BCUT2D eigenvalue weighted by Gasteiger charge is -2.27. The lowest BCUT2D eigenvalue weighted by Crippen LogP contribution is -2.37. The first-order valence-corrected chi connectivity index (χ1v) is 5.08. The van der Waals surface area contributed by atoms with Crippen molar-refractivity contribution in [3.05, 3.63) is 0 Å². The van der Waals surface area contributed by atoms with E-state index in [1.807, 2.05) is 0 Å². The highest BCUT2D eigenvalue weighted by atomic mass is 16.6. The molecule has 2 aliphatic heterocycles. The number of hydrogen-bond acceptors (Lipinski definition) is 3. The maximum atomic E-state index is 9.00. The van der Waals surface area contributed by atoms with Gasteiger partial charge in [0.25, 0.3) is 0 Å². The Hall–Kier alpha value is -0.120. The summed E-state index contributed by atoms with van der Waals surface area (Å²) in [6.07, 6.45) is 2.33. The Kier molecular flexibility index (Phi) is 2.34. The highest BCUT2D eigenvalue weighted by Gasteiger charge is 2.50. The molecule has 2 saturated heterocycles. The summed E-state index contributed by atoms with van der Waals surface area (Å²) in [7, 11) is 0. The quantitative estimate of drug-likeness (QED) is 0.662. The van der Waals surface area contributed by atoms with Gasteiger partial charge in [-0.3, -0.25) is 0 Å². The molecule has 3 heteroatoms. The van der Waals surface area contributed by atoms with Gasteiger partial charge in [-0.2, -0.15) is 0 Å². The van der Waals surface area contributed by atoms with Crippen LogP contribution in [0.4, 0.5) is 0 Å². The van der Waals surface area contributed by atoms with Crippen LogP contribution in [0.3, 0.4) is 0 Å². The van der Waals surface area contributed by atoms with Crippen LogP contribution in [0.1, 0.15) is 26.7 Å². The molecule has 0 unspecified atom stereocenters. The number of aliphatic hydroxyl groups is 1. The van der Waals surface area contributed by atoms with E-state index in [-0.39, 0.29) is 24.4 Å². The predicted octanol–water partition coefficient (Wildman–Crippen LogP) is 0.951. The normalized spacial score (nSPS) is 50.5. The van der Waals surface area contributed by atoms with Crippen LogP contribution in [0.15, 0.2) is 0 Å². The molecule has 2 heterocycles. The van der Waals surface area contributed by atoms with Crippen molar-refractivity contribution in [3.8, 4) is 0 Å². The summed E-state index contributed by atoms with van der Waals surface area (Å²) in [6.45, 7) is 5.11. The lowest BCUT2D eigenvalue weighted by atomic mass is 9.86. The van der Waals surface area contributed by atoms with E-state index in [0.717, 1.165) is 12.8 Å². The maximum absolute atomic E-state index is 9.00. The fourth-order valence-corrected chi connectivity index (χ4v) is 2.40. The summed E-state index contributed by atoms with van der Waals surface area (Å²) >= 11 is 0. The molecule has 0 aliphatic carbocycles. The molecular weight excluding hydrogens is 168 g/mol. The molecule has 0 radical (unpaired) electrons. The number of ether oxygens (including phenoxy) is 2. The second-order valence-corrected chi connectivity index (χ2v) is 4.33. The average molecular weight is 186 g/mol. The molecule has 3 nitrogen and oxygen atoms in total. The zero-order chi connectivity index (χ0) is 9.47. The molecule has 2 aliphatic rings. The van der Waals surface area contributed by atoms with E-state index < -0.39 is 0 Å². The maximum Gasteiger partial charge on any atom is 0.0970 e. The van der Waals surface area contributed by atoms with E-state index in [1.54, 1.807) is 0 Å². The Bertz CT molecular complexity index is 195.